The Morgan fingerprint density at radius 2 is 0.626 bits per heavy atom. The van der Waals surface area contributed by atoms with Crippen molar-refractivity contribution in [3.63, 3.8) is 0 Å². The van der Waals surface area contributed by atoms with Gasteiger partial charge in [0.2, 0.25) is 5.91 Å². The predicted octanol–water partition coefficient (Wildman–Crippen LogP) is 24.4. The van der Waals surface area contributed by atoms with Gasteiger partial charge in [-0.1, -0.05) is 84.0 Å². The lowest BCUT2D eigenvalue weighted by atomic mass is 10.1. The van der Waals surface area contributed by atoms with Crippen LogP contribution in [0.15, 0.2) is 299 Å². The van der Waals surface area contributed by atoms with E-state index in [2.05, 4.69) is 95.2 Å². The second-order valence-electron chi connectivity index (χ2n) is 33.3. The lowest BCUT2D eigenvalue weighted by Crippen LogP contribution is -2.12. The molecule has 0 fully saturated rings. The molecule has 0 unspecified atom stereocenters. The van der Waals surface area contributed by atoms with E-state index in [1.165, 1.54) is 13.2 Å². The Labute approximate surface area is 844 Å². The normalized spacial score (nSPS) is 10.7. The first kappa shape index (κ1) is 100. The van der Waals surface area contributed by atoms with Gasteiger partial charge in [0.05, 0.1) is 126 Å². The summed E-state index contributed by atoms with van der Waals surface area (Å²) in [5.74, 6) is 3.24. The van der Waals surface area contributed by atoms with Gasteiger partial charge >= 0.3 is 0 Å². The number of rotatable bonds is 24. The summed E-state index contributed by atoms with van der Waals surface area (Å²) in [6.07, 6.45) is 1.46. The zero-order valence-electron chi connectivity index (χ0n) is 82.3. The summed E-state index contributed by atoms with van der Waals surface area (Å²) >= 11 is 0. The van der Waals surface area contributed by atoms with Crippen LogP contribution in [0.3, 0.4) is 0 Å². The van der Waals surface area contributed by atoms with Gasteiger partial charge in [-0.25, -0.2) is 4.63 Å². The second-order valence-corrected chi connectivity index (χ2v) is 33.3. The molecule has 31 heteroatoms. The molecule has 0 aliphatic carbocycles. The number of methoxy groups -OCH3 is 5. The van der Waals surface area contributed by atoms with Crippen molar-refractivity contribution in [3.8, 4) is 115 Å². The molecule has 0 aliphatic rings. The largest absolute Gasteiger partial charge is 0.497 e. The lowest BCUT2D eigenvalue weighted by molar-refractivity contribution is -0.114. The smallest absolute Gasteiger partial charge is 0.291 e. The summed E-state index contributed by atoms with van der Waals surface area (Å²) in [5.41, 5.74) is 21.6. The summed E-state index contributed by atoms with van der Waals surface area (Å²) in [6, 6.07) is 96.7. The minimum atomic E-state index is -0.356. The van der Waals surface area contributed by atoms with Gasteiger partial charge in [-0.05, 0) is 216 Å². The number of carbonyl (C=O) groups excluding carboxylic acids is 5. The van der Waals surface area contributed by atoms with E-state index in [0.717, 1.165) is 140 Å². The van der Waals surface area contributed by atoms with Crippen LogP contribution >= 0.6 is 0 Å². The highest BCUT2D eigenvalue weighted by Gasteiger charge is 2.27. The van der Waals surface area contributed by atoms with E-state index in [0.29, 0.717) is 117 Å². The van der Waals surface area contributed by atoms with Crippen LogP contribution in [0.4, 0.5) is 28.4 Å². The van der Waals surface area contributed by atoms with E-state index in [1.807, 2.05) is 253 Å². The summed E-state index contributed by atoms with van der Waals surface area (Å²) in [4.78, 5) is 61.4. The van der Waals surface area contributed by atoms with E-state index < -0.39 is 0 Å². The molecule has 0 saturated heterocycles. The van der Waals surface area contributed by atoms with Crippen LogP contribution in [-0.4, -0.2) is 103 Å². The van der Waals surface area contributed by atoms with Crippen molar-refractivity contribution >= 4 is 124 Å². The fraction of sp³-hybridized carbons (Fsp3) is 0.147. The van der Waals surface area contributed by atoms with Gasteiger partial charge in [0.25, 0.3) is 23.6 Å². The summed E-state index contributed by atoms with van der Waals surface area (Å²) in [7, 11) is 8.12. The molecule has 0 atom stereocenters. The van der Waals surface area contributed by atoms with Crippen molar-refractivity contribution in [2.75, 3.05) is 62.1 Å². The van der Waals surface area contributed by atoms with Crippen LogP contribution in [0, 0.1) is 63.6 Å². The first-order chi connectivity index (χ1) is 71.6. The van der Waals surface area contributed by atoms with Gasteiger partial charge in [-0.3, -0.25) is 24.0 Å². The fourth-order valence-corrected chi connectivity index (χ4v) is 18.1. The number of hydrogen-bond acceptors (Lipinski definition) is 21. The van der Waals surface area contributed by atoms with Crippen molar-refractivity contribution in [3.05, 3.63) is 341 Å². The number of aromatic nitrogens is 8. The second kappa shape index (κ2) is 45.1. The van der Waals surface area contributed by atoms with Crippen LogP contribution in [0.1, 0.15) is 117 Å². The number of ether oxygens (including phenoxy) is 5. The van der Waals surface area contributed by atoms with Gasteiger partial charge in [-0.2, -0.15) is 26.3 Å². The maximum atomic E-state index is 12.8. The third-order valence-electron chi connectivity index (χ3n) is 24.7. The van der Waals surface area contributed by atoms with E-state index in [1.54, 1.807) is 103 Å². The Morgan fingerprint density at radius 1 is 0.313 bits per heavy atom. The molecule has 0 radical (unpaired) electrons. The number of benzene rings is 12. The molecule has 0 aliphatic heterocycles. The maximum absolute atomic E-state index is 12.8. The highest BCUT2D eigenvalue weighted by Crippen LogP contribution is 2.44. The van der Waals surface area contributed by atoms with Crippen LogP contribution in [-0.2, 0) is 37.5 Å². The number of furan rings is 1. The molecule has 5 N–H and O–H groups in total. The van der Waals surface area contributed by atoms with Gasteiger partial charge in [-0.15, -0.1) is 0 Å². The summed E-state index contributed by atoms with van der Waals surface area (Å²) < 4.78 is 52.1. The average molecular weight is 1950 g/mol. The molecule has 8 aromatic heterocycles. The average Bonchev–Trinajstić information content (AvgIpc) is 1.62. The first-order valence-corrected chi connectivity index (χ1v) is 46.9. The van der Waals surface area contributed by atoms with Crippen molar-refractivity contribution in [1.82, 2.24) is 38.3 Å². The van der Waals surface area contributed by atoms with E-state index in [-0.39, 0.29) is 41.0 Å². The molecule has 20 rings (SSSR count). The van der Waals surface area contributed by atoms with E-state index in [9.17, 15) is 50.3 Å². The number of amides is 5. The zero-order chi connectivity index (χ0) is 104. The van der Waals surface area contributed by atoms with E-state index in [4.69, 9.17) is 37.3 Å². The molecule has 5 amide bonds. The minimum Gasteiger partial charge on any atom is -0.497 e. The quantitative estimate of drug-likeness (QED) is 0.0375. The molecular weight excluding hydrogens is 1850 g/mol. The number of aryl methyl sites for hydroxylation is 6. The van der Waals surface area contributed by atoms with Crippen molar-refractivity contribution in [2.24, 2.45) is 0 Å². The molecule has 0 bridgehead atoms. The van der Waals surface area contributed by atoms with Gasteiger partial charge < -0.3 is 82.0 Å². The minimum absolute atomic E-state index is 0.126. The number of nitrogens with one attached hydrogen (secondary N) is 5. The Balaban J connectivity index is 0.000000132. The first-order valence-electron chi connectivity index (χ1n) is 46.9. The number of anilines is 5. The zero-order valence-corrected chi connectivity index (χ0v) is 82.3. The Morgan fingerprint density at radius 3 is 0.918 bits per heavy atom. The van der Waals surface area contributed by atoms with Crippen LogP contribution in [0.5, 0.6) is 28.7 Å². The molecule has 8 heterocycles. The standard InChI is InChI=1S/C25H19N5O3.C25H21N3O2.C23H20N4O3.C23H19N3O3.C20H19N3O2/c1-3-30-23-13-18(32-2)8-9-19(23)20(14-26)24(30)15-5-4-6-17(11-15)27-25(31)16-7-10-21-22(12-16)29-33-28-21;1-3-28-23-15-20(30-2)12-13-21(23)22(16-26)24(28)18-10-7-11-19(14-18)27-25(29)17-8-5-4-6-9-17;1-4-27-21-12-17(29-3)8-9-18(21)19(13-24)22(27)15-6-5-7-16(11-15)25-23(28)20-10-14(2)30-26-20;1-3-26-20-13-17(28-2)9-10-18(20)19(14-24)22(26)15-6-4-7-16(12-15)25-23(27)21-8-5-11-29-21;1-4-23-19-11-16(25-3)8-9-17(19)18(12-21)20(23)14-6-5-7-15(10-14)22-13(2)24/h4-13H,3H2,1-2H3,(H,27,31);4-15H,3H2,1-2H3,(H,27,29);5-12H,4H2,1-3H3,(H,25,28);4-13H,3H2,1-2H3,(H,25,27);5-11H,4H2,1-3H3,(H,22,24). The topological polar surface area (TPSA) is 413 Å². The molecule has 20 aromatic rings. The third kappa shape index (κ3) is 21.0. The predicted molar refractivity (Wildman–Crippen MR) is 566 cm³/mol. The van der Waals surface area contributed by atoms with E-state index >= 15 is 0 Å². The summed E-state index contributed by atoms with van der Waals surface area (Å²) in [6.45, 7) is 16.8. The fourth-order valence-electron chi connectivity index (χ4n) is 18.1. The Bertz CT molecular complexity index is 8650. The van der Waals surface area contributed by atoms with Gasteiger partial charge in [0.15, 0.2) is 11.5 Å². The molecular formula is C116H98N18O13. The van der Waals surface area contributed by atoms with Crippen molar-refractivity contribution < 1.29 is 61.2 Å². The molecule has 147 heavy (non-hydrogen) atoms. The van der Waals surface area contributed by atoms with Crippen LogP contribution < -0.4 is 50.3 Å². The third-order valence-corrected chi connectivity index (χ3v) is 24.7. The lowest BCUT2D eigenvalue weighted by Gasteiger charge is -2.11. The SMILES string of the molecule is CCn1c(-c2cccc(NC(=O)c3cc(C)on3)c2)c(C#N)c2ccc(OC)cc21.CCn1c(-c2cccc(NC(=O)c3ccc4nonc4c3)c2)c(C#N)c2ccc(OC)cc21.CCn1c(-c2cccc(NC(=O)c3ccccc3)c2)c(C#N)c2ccc(OC)cc21.CCn1c(-c2cccc(NC(=O)c3ccco3)c2)c(C#N)c2ccc(OC)cc21.CCn1c(-c2cccc(NC(C)=O)c2)c(C#N)c2ccc(OC)cc21. The summed E-state index contributed by atoms with van der Waals surface area (Å²) in [5, 5.41) is 79.4. The molecule has 0 saturated carbocycles. The Kier molecular flexibility index (Phi) is 30.7. The van der Waals surface area contributed by atoms with Crippen molar-refractivity contribution in [1.29, 1.82) is 26.3 Å². The van der Waals surface area contributed by atoms with Gasteiger partial charge in [0, 0.05) is 170 Å². The monoisotopic (exact) mass is 1950 g/mol. The highest BCUT2D eigenvalue weighted by atomic mass is 16.6. The maximum Gasteiger partial charge on any atom is 0.291 e. The Hall–Kier alpha value is -20.0. The number of nitriles is 5. The number of hydrogen-bond donors (Lipinski definition) is 5. The molecule has 730 valence electrons. The highest BCUT2D eigenvalue weighted by molar-refractivity contribution is 6.09. The molecule has 12 aromatic carbocycles. The number of carbonyl (C=O) groups is 5. The molecule has 31 nitrogen and oxygen atoms in total. The van der Waals surface area contributed by atoms with Crippen LogP contribution in [0.25, 0.3) is 122 Å². The number of nitrogens with zero attached hydrogens (tertiary/aromatic N) is 13. The van der Waals surface area contributed by atoms with Crippen LogP contribution in [0.2, 0.25) is 0 Å². The number of fused-ring (bicyclic) bond motifs is 6. The molecule has 0 spiro atoms. The van der Waals surface area contributed by atoms with Gasteiger partial charge in [0.1, 0.15) is 75.9 Å². The van der Waals surface area contributed by atoms with Crippen molar-refractivity contribution in [2.45, 2.75) is 81.2 Å².